The van der Waals surface area contributed by atoms with E-state index in [1.165, 1.54) is 0 Å². The maximum Gasteiger partial charge on any atom is 0.311 e. The lowest BCUT2D eigenvalue weighted by Crippen LogP contribution is -2.34. The molecule has 0 bridgehead atoms. The van der Waals surface area contributed by atoms with E-state index >= 15 is 0 Å². The highest BCUT2D eigenvalue weighted by atomic mass is 16.5. The van der Waals surface area contributed by atoms with E-state index in [1.54, 1.807) is 6.92 Å². The average molecular weight is 228 g/mol. The minimum Gasteiger partial charge on any atom is -0.481 e. The number of esters is 1. The highest BCUT2D eigenvalue weighted by Gasteiger charge is 2.38. The molecular weight excluding hydrogens is 208 g/mol. The maximum atomic E-state index is 11.7. The highest BCUT2D eigenvalue weighted by molar-refractivity contribution is 5.76. The van der Waals surface area contributed by atoms with E-state index in [0.29, 0.717) is 6.61 Å². The third-order valence-corrected chi connectivity index (χ3v) is 3.44. The normalized spacial score (nSPS) is 29.8. The zero-order valence-corrected chi connectivity index (χ0v) is 9.99. The molecule has 0 atom stereocenters. The van der Waals surface area contributed by atoms with Crippen LogP contribution in [-0.2, 0) is 14.3 Å². The average Bonchev–Trinajstić information content (AvgIpc) is 2.21. The van der Waals surface area contributed by atoms with Crippen LogP contribution in [0, 0.1) is 11.3 Å². The number of carbonyl (C=O) groups is 2. The Kier molecular flexibility index (Phi) is 4.33. The SMILES string of the molecule is CCOC(=O)C1(C)CCC(CC(=O)O)CC1. The van der Waals surface area contributed by atoms with Gasteiger partial charge in [-0.3, -0.25) is 9.59 Å². The second-order valence-corrected chi connectivity index (χ2v) is 4.82. The molecule has 0 saturated heterocycles. The molecule has 0 spiro atoms. The Balaban J connectivity index is 2.46. The van der Waals surface area contributed by atoms with Crippen LogP contribution in [0.1, 0.15) is 46.0 Å². The molecule has 4 heteroatoms. The molecule has 0 amide bonds. The summed E-state index contributed by atoms with van der Waals surface area (Å²) in [5, 5.41) is 8.70. The second kappa shape index (κ2) is 5.32. The van der Waals surface area contributed by atoms with Gasteiger partial charge in [0, 0.05) is 6.42 Å². The molecule has 1 aliphatic rings. The summed E-state index contributed by atoms with van der Waals surface area (Å²) in [4.78, 5) is 22.3. The maximum absolute atomic E-state index is 11.7. The third kappa shape index (κ3) is 3.22. The van der Waals surface area contributed by atoms with Gasteiger partial charge in [-0.15, -0.1) is 0 Å². The van der Waals surface area contributed by atoms with Gasteiger partial charge < -0.3 is 9.84 Å². The first-order valence-corrected chi connectivity index (χ1v) is 5.87. The first-order chi connectivity index (χ1) is 7.48. The van der Waals surface area contributed by atoms with Crippen molar-refractivity contribution in [3.8, 4) is 0 Å². The van der Waals surface area contributed by atoms with Crippen LogP contribution in [0.5, 0.6) is 0 Å². The smallest absolute Gasteiger partial charge is 0.311 e. The van der Waals surface area contributed by atoms with E-state index in [1.807, 2.05) is 6.92 Å². The van der Waals surface area contributed by atoms with Gasteiger partial charge in [-0.2, -0.15) is 0 Å². The topological polar surface area (TPSA) is 63.6 Å². The Morgan fingerprint density at radius 2 is 1.94 bits per heavy atom. The Hall–Kier alpha value is -1.06. The predicted octanol–water partition coefficient (Wildman–Crippen LogP) is 2.22. The van der Waals surface area contributed by atoms with E-state index in [-0.39, 0.29) is 18.3 Å². The van der Waals surface area contributed by atoms with E-state index in [4.69, 9.17) is 9.84 Å². The first kappa shape index (κ1) is 13.0. The molecule has 0 aromatic heterocycles. The van der Waals surface area contributed by atoms with Crippen molar-refractivity contribution in [3.63, 3.8) is 0 Å². The molecule has 16 heavy (non-hydrogen) atoms. The standard InChI is InChI=1S/C12H20O4/c1-3-16-11(15)12(2)6-4-9(5-7-12)8-10(13)14/h9H,3-8H2,1-2H3,(H,13,14). The van der Waals surface area contributed by atoms with Gasteiger partial charge in [0.1, 0.15) is 0 Å². The fourth-order valence-corrected chi connectivity index (χ4v) is 2.28. The van der Waals surface area contributed by atoms with Crippen molar-refractivity contribution in [2.75, 3.05) is 6.61 Å². The molecule has 0 radical (unpaired) electrons. The minimum atomic E-state index is -0.746. The molecule has 1 N–H and O–H groups in total. The summed E-state index contributed by atoms with van der Waals surface area (Å²) >= 11 is 0. The lowest BCUT2D eigenvalue weighted by Gasteiger charge is -2.34. The molecule has 0 aromatic rings. The van der Waals surface area contributed by atoms with Crippen molar-refractivity contribution in [1.29, 1.82) is 0 Å². The molecule has 92 valence electrons. The highest BCUT2D eigenvalue weighted by Crippen LogP contribution is 2.40. The van der Waals surface area contributed by atoms with Crippen LogP contribution in [0.4, 0.5) is 0 Å². The molecule has 1 rings (SSSR count). The van der Waals surface area contributed by atoms with Gasteiger partial charge in [-0.25, -0.2) is 0 Å². The van der Waals surface area contributed by atoms with Crippen LogP contribution in [0.15, 0.2) is 0 Å². The van der Waals surface area contributed by atoms with E-state index in [9.17, 15) is 9.59 Å². The summed E-state index contributed by atoms with van der Waals surface area (Å²) in [5.41, 5.74) is -0.398. The number of carboxylic acids is 1. The van der Waals surface area contributed by atoms with Gasteiger partial charge in [-0.05, 0) is 45.4 Å². The molecule has 0 aliphatic heterocycles. The number of rotatable bonds is 4. The molecule has 4 nitrogen and oxygen atoms in total. The van der Waals surface area contributed by atoms with Crippen molar-refractivity contribution in [2.24, 2.45) is 11.3 Å². The summed E-state index contributed by atoms with van der Waals surface area (Å²) in [6, 6.07) is 0. The summed E-state index contributed by atoms with van der Waals surface area (Å²) in [6.45, 7) is 4.13. The fraction of sp³-hybridized carbons (Fsp3) is 0.833. The predicted molar refractivity (Wildman–Crippen MR) is 59.0 cm³/mol. The molecule has 1 aliphatic carbocycles. The summed E-state index contributed by atoms with van der Waals surface area (Å²) in [5.74, 6) is -0.659. The van der Waals surface area contributed by atoms with Crippen molar-refractivity contribution in [2.45, 2.75) is 46.0 Å². The van der Waals surface area contributed by atoms with Crippen LogP contribution in [0.3, 0.4) is 0 Å². The summed E-state index contributed by atoms with van der Waals surface area (Å²) in [7, 11) is 0. The number of aliphatic carboxylic acids is 1. The van der Waals surface area contributed by atoms with Crippen LogP contribution >= 0.6 is 0 Å². The number of hydrogen-bond acceptors (Lipinski definition) is 3. The van der Waals surface area contributed by atoms with Gasteiger partial charge >= 0.3 is 11.9 Å². The number of carboxylic acid groups (broad SMARTS) is 1. The minimum absolute atomic E-state index is 0.135. The third-order valence-electron chi connectivity index (χ3n) is 3.44. The second-order valence-electron chi connectivity index (χ2n) is 4.82. The number of ether oxygens (including phenoxy) is 1. The molecule has 0 aromatic carbocycles. The van der Waals surface area contributed by atoms with Gasteiger partial charge in [0.25, 0.3) is 0 Å². The van der Waals surface area contributed by atoms with Crippen molar-refractivity contribution in [3.05, 3.63) is 0 Å². The number of carbonyl (C=O) groups excluding carboxylic acids is 1. The van der Waals surface area contributed by atoms with Crippen LogP contribution in [0.25, 0.3) is 0 Å². The van der Waals surface area contributed by atoms with Gasteiger partial charge in [0.05, 0.1) is 12.0 Å². The van der Waals surface area contributed by atoms with Crippen molar-refractivity contribution in [1.82, 2.24) is 0 Å². The Morgan fingerprint density at radius 1 is 1.38 bits per heavy atom. The summed E-state index contributed by atoms with van der Waals surface area (Å²) < 4.78 is 5.05. The quantitative estimate of drug-likeness (QED) is 0.749. The molecule has 0 heterocycles. The first-order valence-electron chi connectivity index (χ1n) is 5.87. The van der Waals surface area contributed by atoms with E-state index in [0.717, 1.165) is 25.7 Å². The van der Waals surface area contributed by atoms with E-state index in [2.05, 4.69) is 0 Å². The van der Waals surface area contributed by atoms with Gasteiger partial charge in [-0.1, -0.05) is 0 Å². The molecule has 1 saturated carbocycles. The molecule has 1 fully saturated rings. The largest absolute Gasteiger partial charge is 0.481 e. The Morgan fingerprint density at radius 3 is 2.38 bits per heavy atom. The van der Waals surface area contributed by atoms with Crippen LogP contribution in [0.2, 0.25) is 0 Å². The van der Waals surface area contributed by atoms with Gasteiger partial charge in [0.2, 0.25) is 0 Å². The lowest BCUT2D eigenvalue weighted by molar-refractivity contribution is -0.157. The van der Waals surface area contributed by atoms with Crippen LogP contribution in [-0.4, -0.2) is 23.7 Å². The van der Waals surface area contributed by atoms with Crippen molar-refractivity contribution >= 4 is 11.9 Å². The monoisotopic (exact) mass is 228 g/mol. The Bertz CT molecular complexity index is 264. The number of hydrogen-bond donors (Lipinski definition) is 1. The zero-order valence-electron chi connectivity index (χ0n) is 9.99. The lowest BCUT2D eigenvalue weighted by atomic mass is 9.71. The van der Waals surface area contributed by atoms with E-state index < -0.39 is 11.4 Å². The molecular formula is C12H20O4. The summed E-state index contributed by atoms with van der Waals surface area (Å²) in [6.07, 6.45) is 3.32. The fourth-order valence-electron chi connectivity index (χ4n) is 2.28. The van der Waals surface area contributed by atoms with Crippen LogP contribution < -0.4 is 0 Å². The van der Waals surface area contributed by atoms with Gasteiger partial charge in [0.15, 0.2) is 0 Å². The zero-order chi connectivity index (χ0) is 12.2. The molecule has 0 unspecified atom stereocenters. The Labute approximate surface area is 96.0 Å². The van der Waals surface area contributed by atoms with Crippen molar-refractivity contribution < 1.29 is 19.4 Å².